The smallest absolute Gasteiger partial charge is 0.203 e. The Hall–Kier alpha value is -1.38. The second-order valence-electron chi connectivity index (χ2n) is 7.00. The van der Waals surface area contributed by atoms with E-state index >= 15 is 0 Å². The van der Waals surface area contributed by atoms with Gasteiger partial charge >= 0.3 is 0 Å². The van der Waals surface area contributed by atoms with Gasteiger partial charge in [0.05, 0.1) is 20.8 Å². The van der Waals surface area contributed by atoms with Gasteiger partial charge in [0.1, 0.15) is 0 Å². The van der Waals surface area contributed by atoms with Gasteiger partial charge in [-0.1, -0.05) is 13.8 Å². The number of guanidine groups is 1. The van der Waals surface area contributed by atoms with Crippen molar-refractivity contribution in [3.63, 3.8) is 0 Å². The van der Waals surface area contributed by atoms with Crippen LogP contribution in [0.2, 0.25) is 0 Å². The number of methoxy groups -OCH3 is 2. The third-order valence-corrected chi connectivity index (χ3v) is 4.45. The number of aliphatic imine (C=N–C) groups is 1. The monoisotopic (exact) mass is 477 g/mol. The SMILES string of the molecule is CCOc1c(OC)cc(CNC(=NC)N2CCC(C)(C)C2)cc1OC.I. The van der Waals surface area contributed by atoms with Crippen LogP contribution in [0.3, 0.4) is 0 Å². The average molecular weight is 477 g/mol. The van der Waals surface area contributed by atoms with Gasteiger partial charge in [-0.3, -0.25) is 4.99 Å². The number of halogens is 1. The summed E-state index contributed by atoms with van der Waals surface area (Å²) in [5.41, 5.74) is 1.39. The van der Waals surface area contributed by atoms with Crippen molar-refractivity contribution in [3.8, 4) is 17.2 Å². The summed E-state index contributed by atoms with van der Waals surface area (Å²) in [6.07, 6.45) is 1.18. The van der Waals surface area contributed by atoms with E-state index in [2.05, 4.69) is 29.1 Å². The number of nitrogens with zero attached hydrogens (tertiary/aromatic N) is 2. The second kappa shape index (κ2) is 10.1. The number of hydrogen-bond donors (Lipinski definition) is 1. The standard InChI is InChI=1S/C19H31N3O3.HI/c1-7-25-17-15(23-5)10-14(11-16(17)24-6)12-21-18(20-4)22-9-8-19(2,3)13-22;/h10-11H,7-9,12-13H2,1-6H3,(H,20,21);1H. The Morgan fingerprint density at radius 1 is 1.23 bits per heavy atom. The van der Waals surface area contributed by atoms with E-state index in [0.29, 0.717) is 35.8 Å². The summed E-state index contributed by atoms with van der Waals surface area (Å²) in [4.78, 5) is 6.74. The zero-order valence-electron chi connectivity index (χ0n) is 16.7. The van der Waals surface area contributed by atoms with Gasteiger partial charge in [0.2, 0.25) is 5.75 Å². The van der Waals surface area contributed by atoms with Crippen molar-refractivity contribution in [2.75, 3.05) is 41.0 Å². The van der Waals surface area contributed by atoms with Crippen LogP contribution in [0.1, 0.15) is 32.8 Å². The Bertz CT molecular complexity index is 595. The molecule has 0 amide bonds. The van der Waals surface area contributed by atoms with Gasteiger partial charge in [-0.15, -0.1) is 24.0 Å². The van der Waals surface area contributed by atoms with E-state index < -0.39 is 0 Å². The van der Waals surface area contributed by atoms with Gasteiger partial charge in [0.25, 0.3) is 0 Å². The van der Waals surface area contributed by atoms with Crippen molar-refractivity contribution in [3.05, 3.63) is 17.7 Å². The summed E-state index contributed by atoms with van der Waals surface area (Å²) >= 11 is 0. The molecule has 0 atom stereocenters. The van der Waals surface area contributed by atoms with Gasteiger partial charge in [0.15, 0.2) is 17.5 Å². The van der Waals surface area contributed by atoms with Crippen LogP contribution >= 0.6 is 24.0 Å². The van der Waals surface area contributed by atoms with Crippen molar-refractivity contribution < 1.29 is 14.2 Å². The molecule has 26 heavy (non-hydrogen) atoms. The molecule has 6 nitrogen and oxygen atoms in total. The second-order valence-corrected chi connectivity index (χ2v) is 7.00. The third-order valence-electron chi connectivity index (χ3n) is 4.45. The highest BCUT2D eigenvalue weighted by atomic mass is 127. The van der Waals surface area contributed by atoms with E-state index in [4.69, 9.17) is 14.2 Å². The first-order valence-electron chi connectivity index (χ1n) is 8.77. The summed E-state index contributed by atoms with van der Waals surface area (Å²) < 4.78 is 16.6. The van der Waals surface area contributed by atoms with E-state index in [1.165, 1.54) is 6.42 Å². The molecule has 0 radical (unpaired) electrons. The van der Waals surface area contributed by atoms with Crippen LogP contribution in [0.15, 0.2) is 17.1 Å². The molecule has 1 aliphatic heterocycles. The molecule has 1 aromatic rings. The normalized spacial score (nSPS) is 16.1. The molecule has 1 saturated heterocycles. The van der Waals surface area contributed by atoms with Crippen LogP contribution in [0, 0.1) is 5.41 Å². The predicted octanol–water partition coefficient (Wildman–Crippen LogP) is 3.53. The minimum absolute atomic E-state index is 0. The fourth-order valence-electron chi connectivity index (χ4n) is 3.13. The topological polar surface area (TPSA) is 55.3 Å². The first-order valence-corrected chi connectivity index (χ1v) is 8.77. The summed E-state index contributed by atoms with van der Waals surface area (Å²) in [7, 11) is 5.10. The number of hydrogen-bond acceptors (Lipinski definition) is 4. The van der Waals surface area contributed by atoms with Gasteiger partial charge in [-0.25, -0.2) is 0 Å². The summed E-state index contributed by atoms with van der Waals surface area (Å²) in [6.45, 7) is 9.77. The highest BCUT2D eigenvalue weighted by molar-refractivity contribution is 14.0. The lowest BCUT2D eigenvalue weighted by molar-refractivity contribution is 0.288. The van der Waals surface area contributed by atoms with Crippen molar-refractivity contribution in [2.24, 2.45) is 10.4 Å². The Kier molecular flexibility index (Phi) is 8.79. The lowest BCUT2D eigenvalue weighted by Gasteiger charge is -2.24. The van der Waals surface area contributed by atoms with Crippen molar-refractivity contribution in [1.82, 2.24) is 10.2 Å². The van der Waals surface area contributed by atoms with Crippen LogP contribution in [-0.2, 0) is 6.54 Å². The maximum absolute atomic E-state index is 5.65. The Morgan fingerprint density at radius 2 is 1.85 bits per heavy atom. The van der Waals surface area contributed by atoms with Gasteiger partial charge in [0, 0.05) is 26.7 Å². The first kappa shape index (κ1) is 22.7. The van der Waals surface area contributed by atoms with E-state index in [0.717, 1.165) is 24.6 Å². The van der Waals surface area contributed by atoms with Crippen LogP contribution in [0.5, 0.6) is 17.2 Å². The highest BCUT2D eigenvalue weighted by Gasteiger charge is 2.30. The molecule has 0 bridgehead atoms. The van der Waals surface area contributed by atoms with Crippen LogP contribution in [-0.4, -0.2) is 51.8 Å². The predicted molar refractivity (Wildman–Crippen MR) is 116 cm³/mol. The fourth-order valence-corrected chi connectivity index (χ4v) is 3.13. The van der Waals surface area contributed by atoms with E-state index in [9.17, 15) is 0 Å². The highest BCUT2D eigenvalue weighted by Crippen LogP contribution is 2.38. The molecule has 1 heterocycles. The molecule has 148 valence electrons. The number of nitrogens with one attached hydrogen (secondary N) is 1. The number of benzene rings is 1. The number of rotatable bonds is 6. The van der Waals surface area contributed by atoms with Crippen molar-refractivity contribution in [1.29, 1.82) is 0 Å². The molecule has 0 saturated carbocycles. The molecule has 0 spiro atoms. The molecule has 1 N–H and O–H groups in total. The van der Waals surface area contributed by atoms with Crippen molar-refractivity contribution >= 4 is 29.9 Å². The minimum atomic E-state index is 0. The minimum Gasteiger partial charge on any atom is -0.493 e. The summed E-state index contributed by atoms with van der Waals surface area (Å²) in [5.74, 6) is 2.92. The van der Waals surface area contributed by atoms with E-state index in [1.807, 2.05) is 26.1 Å². The molecule has 0 aliphatic carbocycles. The fraction of sp³-hybridized carbons (Fsp3) is 0.632. The third kappa shape index (κ3) is 5.56. The largest absolute Gasteiger partial charge is 0.493 e. The maximum Gasteiger partial charge on any atom is 0.203 e. The lowest BCUT2D eigenvalue weighted by Crippen LogP contribution is -2.40. The zero-order chi connectivity index (χ0) is 18.4. The molecule has 1 fully saturated rings. The Morgan fingerprint density at radius 3 is 2.27 bits per heavy atom. The summed E-state index contributed by atoms with van der Waals surface area (Å²) in [6, 6.07) is 3.95. The first-order chi connectivity index (χ1) is 11.9. The quantitative estimate of drug-likeness (QED) is 0.386. The van der Waals surface area contributed by atoms with Crippen LogP contribution in [0.25, 0.3) is 0 Å². The van der Waals surface area contributed by atoms with Crippen molar-refractivity contribution in [2.45, 2.75) is 33.7 Å². The van der Waals surface area contributed by atoms with Gasteiger partial charge in [-0.2, -0.15) is 0 Å². The maximum atomic E-state index is 5.65. The molecule has 2 rings (SSSR count). The molecular weight excluding hydrogens is 445 g/mol. The van der Waals surface area contributed by atoms with E-state index in [1.54, 1.807) is 14.2 Å². The lowest BCUT2D eigenvalue weighted by atomic mass is 9.93. The van der Waals surface area contributed by atoms with Crippen LogP contribution in [0.4, 0.5) is 0 Å². The Labute approximate surface area is 174 Å². The molecule has 1 aliphatic rings. The molecule has 0 unspecified atom stereocenters. The zero-order valence-corrected chi connectivity index (χ0v) is 19.0. The molecule has 0 aromatic heterocycles. The van der Waals surface area contributed by atoms with Gasteiger partial charge in [-0.05, 0) is 36.5 Å². The number of ether oxygens (including phenoxy) is 3. The van der Waals surface area contributed by atoms with E-state index in [-0.39, 0.29) is 24.0 Å². The van der Waals surface area contributed by atoms with Gasteiger partial charge < -0.3 is 24.4 Å². The molecular formula is C19H32IN3O3. The molecule has 7 heteroatoms. The number of likely N-dealkylation sites (tertiary alicyclic amines) is 1. The average Bonchev–Trinajstić information content (AvgIpc) is 2.96. The summed E-state index contributed by atoms with van der Waals surface area (Å²) in [5, 5.41) is 3.44. The van der Waals surface area contributed by atoms with Crippen LogP contribution < -0.4 is 19.5 Å². The Balaban J connectivity index is 0.00000338. The molecule has 1 aromatic carbocycles.